The van der Waals surface area contributed by atoms with Crippen LogP contribution in [0.15, 0.2) is 28.7 Å². The van der Waals surface area contributed by atoms with Crippen molar-refractivity contribution in [1.82, 2.24) is 14.7 Å². The molecule has 0 aliphatic carbocycles. The highest BCUT2D eigenvalue weighted by atomic mass is 79.9. The predicted molar refractivity (Wildman–Crippen MR) is 101 cm³/mol. The fourth-order valence-electron chi connectivity index (χ4n) is 3.53. The van der Waals surface area contributed by atoms with Gasteiger partial charge < -0.3 is 10.0 Å². The monoisotopic (exact) mass is 405 g/mol. The lowest BCUT2D eigenvalue weighted by atomic mass is 9.93. The summed E-state index contributed by atoms with van der Waals surface area (Å²) in [6.07, 6.45) is 1.51. The molecule has 0 spiro atoms. The third kappa shape index (κ3) is 3.65. The molecular formula is C19H24BrN3O2. The van der Waals surface area contributed by atoms with Gasteiger partial charge in [-0.25, -0.2) is 4.68 Å². The molecule has 1 aromatic carbocycles. The summed E-state index contributed by atoms with van der Waals surface area (Å²) in [7, 11) is 0. The minimum Gasteiger partial charge on any atom is -0.393 e. The maximum atomic E-state index is 13.1. The van der Waals surface area contributed by atoms with Gasteiger partial charge in [0.1, 0.15) is 0 Å². The van der Waals surface area contributed by atoms with Crippen LogP contribution in [-0.2, 0) is 0 Å². The zero-order valence-electron chi connectivity index (χ0n) is 14.9. The van der Waals surface area contributed by atoms with E-state index in [1.54, 1.807) is 6.92 Å². The lowest BCUT2D eigenvalue weighted by Gasteiger charge is -2.34. The number of likely N-dealkylation sites (tertiary alicyclic amines) is 1. The molecule has 1 amide bonds. The molecule has 3 rings (SSSR count). The van der Waals surface area contributed by atoms with Gasteiger partial charge in [-0.1, -0.05) is 15.9 Å². The van der Waals surface area contributed by atoms with E-state index in [9.17, 15) is 9.90 Å². The molecule has 0 bridgehead atoms. The van der Waals surface area contributed by atoms with Gasteiger partial charge >= 0.3 is 0 Å². The smallest absolute Gasteiger partial charge is 0.257 e. The van der Waals surface area contributed by atoms with Gasteiger partial charge in [0, 0.05) is 23.5 Å². The molecule has 1 aliphatic rings. The highest BCUT2D eigenvalue weighted by molar-refractivity contribution is 9.10. The fourth-order valence-corrected chi connectivity index (χ4v) is 3.80. The molecule has 1 aliphatic heterocycles. The average Bonchev–Trinajstić information content (AvgIpc) is 2.89. The summed E-state index contributed by atoms with van der Waals surface area (Å²) in [4.78, 5) is 15.0. The van der Waals surface area contributed by atoms with Crippen LogP contribution in [0.3, 0.4) is 0 Å². The molecule has 0 unspecified atom stereocenters. The van der Waals surface area contributed by atoms with E-state index >= 15 is 0 Å². The van der Waals surface area contributed by atoms with Crippen LogP contribution in [0.4, 0.5) is 0 Å². The number of aromatic nitrogens is 2. The lowest BCUT2D eigenvalue weighted by Crippen LogP contribution is -2.43. The van der Waals surface area contributed by atoms with Crippen molar-refractivity contribution in [2.24, 2.45) is 5.92 Å². The topological polar surface area (TPSA) is 58.4 Å². The van der Waals surface area contributed by atoms with Gasteiger partial charge in [0.15, 0.2) is 0 Å². The Morgan fingerprint density at radius 3 is 2.64 bits per heavy atom. The number of amides is 1. The summed E-state index contributed by atoms with van der Waals surface area (Å²) < 4.78 is 2.83. The van der Waals surface area contributed by atoms with Gasteiger partial charge in [-0.3, -0.25) is 4.79 Å². The highest BCUT2D eigenvalue weighted by Crippen LogP contribution is 2.25. The fraction of sp³-hybridized carbons (Fsp3) is 0.474. The molecule has 2 atom stereocenters. The number of rotatable bonds is 3. The Hall–Kier alpha value is -1.66. The van der Waals surface area contributed by atoms with Crippen LogP contribution in [0.2, 0.25) is 0 Å². The second-order valence-electron chi connectivity index (χ2n) is 6.83. The number of hydrogen-bond donors (Lipinski definition) is 1. The summed E-state index contributed by atoms with van der Waals surface area (Å²) in [5.74, 6) is 0.170. The molecule has 2 heterocycles. The number of aliphatic hydroxyl groups is 1. The van der Waals surface area contributed by atoms with E-state index in [1.807, 2.05) is 47.7 Å². The first-order valence-corrected chi connectivity index (χ1v) is 9.47. The molecule has 2 aromatic rings. The Morgan fingerprint density at radius 1 is 1.32 bits per heavy atom. The van der Waals surface area contributed by atoms with Crippen molar-refractivity contribution in [1.29, 1.82) is 0 Å². The summed E-state index contributed by atoms with van der Waals surface area (Å²) >= 11 is 3.44. The third-order valence-electron chi connectivity index (χ3n) is 5.00. The number of piperidine rings is 1. The maximum absolute atomic E-state index is 13.1. The van der Waals surface area contributed by atoms with Gasteiger partial charge in [-0.05, 0) is 57.9 Å². The van der Waals surface area contributed by atoms with Crippen LogP contribution in [-0.4, -0.2) is 44.9 Å². The second-order valence-corrected chi connectivity index (χ2v) is 7.74. The van der Waals surface area contributed by atoms with Crippen molar-refractivity contribution in [2.75, 3.05) is 13.1 Å². The molecule has 1 aromatic heterocycles. The van der Waals surface area contributed by atoms with E-state index in [2.05, 4.69) is 21.0 Å². The molecule has 6 heteroatoms. The van der Waals surface area contributed by atoms with Gasteiger partial charge in [0.2, 0.25) is 0 Å². The number of aliphatic hydroxyl groups excluding tert-OH is 1. The SMILES string of the molecule is Cc1nn(-c2ccc(Br)cc2)c(C)c1C(=O)N1CCC[C@H]([C@@H](C)O)C1. The third-order valence-corrected chi connectivity index (χ3v) is 5.53. The van der Waals surface area contributed by atoms with E-state index in [4.69, 9.17) is 0 Å². The zero-order chi connectivity index (χ0) is 18.1. The minimum absolute atomic E-state index is 0.0173. The summed E-state index contributed by atoms with van der Waals surface area (Å²) in [6, 6.07) is 7.88. The number of halogens is 1. The Labute approximate surface area is 156 Å². The molecule has 0 saturated carbocycles. The van der Waals surface area contributed by atoms with Crippen LogP contribution >= 0.6 is 15.9 Å². The summed E-state index contributed by atoms with van der Waals surface area (Å²) in [5, 5.41) is 14.5. The molecule has 1 N–H and O–H groups in total. The Bertz CT molecular complexity index is 768. The first-order chi connectivity index (χ1) is 11.9. The van der Waals surface area contributed by atoms with Gasteiger partial charge in [-0.2, -0.15) is 5.10 Å². The maximum Gasteiger partial charge on any atom is 0.257 e. The molecule has 134 valence electrons. The van der Waals surface area contributed by atoms with Crippen LogP contribution in [0.1, 0.15) is 41.5 Å². The van der Waals surface area contributed by atoms with Gasteiger partial charge in [0.25, 0.3) is 5.91 Å². The van der Waals surface area contributed by atoms with Crippen LogP contribution in [0.5, 0.6) is 0 Å². The number of aryl methyl sites for hydroxylation is 1. The Kier molecular flexibility index (Phi) is 5.29. The Balaban J connectivity index is 1.90. The van der Waals surface area contributed by atoms with Crippen molar-refractivity contribution >= 4 is 21.8 Å². The summed E-state index contributed by atoms with van der Waals surface area (Å²) in [5.41, 5.74) is 3.20. The number of nitrogens with zero attached hydrogens (tertiary/aromatic N) is 3. The molecule has 5 nitrogen and oxygen atoms in total. The lowest BCUT2D eigenvalue weighted by molar-refractivity contribution is 0.0465. The van der Waals surface area contributed by atoms with Crippen molar-refractivity contribution < 1.29 is 9.90 Å². The Morgan fingerprint density at radius 2 is 2.00 bits per heavy atom. The quantitative estimate of drug-likeness (QED) is 0.849. The van der Waals surface area contributed by atoms with Crippen LogP contribution in [0.25, 0.3) is 5.69 Å². The number of carbonyl (C=O) groups excluding carboxylic acids is 1. The van der Waals surface area contributed by atoms with Crippen molar-refractivity contribution in [3.8, 4) is 5.69 Å². The number of benzene rings is 1. The van der Waals surface area contributed by atoms with E-state index in [1.165, 1.54) is 0 Å². The highest BCUT2D eigenvalue weighted by Gasteiger charge is 2.30. The van der Waals surface area contributed by atoms with Crippen molar-refractivity contribution in [2.45, 2.75) is 39.7 Å². The molecular weight excluding hydrogens is 382 g/mol. The number of carbonyl (C=O) groups is 1. The van der Waals surface area contributed by atoms with Crippen molar-refractivity contribution in [3.05, 3.63) is 45.7 Å². The van der Waals surface area contributed by atoms with Gasteiger partial charge in [-0.15, -0.1) is 0 Å². The molecule has 1 fully saturated rings. The standard InChI is InChI=1S/C19H24BrN3O2/c1-12-18(19(25)22-10-4-5-15(11-22)14(3)24)13(2)23(21-12)17-8-6-16(20)7-9-17/h6-9,14-15,24H,4-5,10-11H2,1-3H3/t14-,15+/m1/s1. The zero-order valence-corrected chi connectivity index (χ0v) is 16.5. The van der Waals surface area contributed by atoms with Gasteiger partial charge in [0.05, 0.1) is 28.7 Å². The van der Waals surface area contributed by atoms with E-state index in [0.717, 1.165) is 40.9 Å². The normalized spacial score (nSPS) is 19.1. The first-order valence-electron chi connectivity index (χ1n) is 8.68. The molecule has 1 saturated heterocycles. The van der Waals surface area contributed by atoms with E-state index in [0.29, 0.717) is 12.1 Å². The molecule has 25 heavy (non-hydrogen) atoms. The van der Waals surface area contributed by atoms with Crippen molar-refractivity contribution in [3.63, 3.8) is 0 Å². The van der Waals surface area contributed by atoms with E-state index < -0.39 is 0 Å². The summed E-state index contributed by atoms with van der Waals surface area (Å²) in [6.45, 7) is 6.97. The average molecular weight is 406 g/mol. The first kappa shape index (κ1) is 18.1. The second kappa shape index (κ2) is 7.30. The van der Waals surface area contributed by atoms with E-state index in [-0.39, 0.29) is 17.9 Å². The molecule has 0 radical (unpaired) electrons. The van der Waals surface area contributed by atoms with Crippen LogP contribution in [0, 0.1) is 19.8 Å². The largest absolute Gasteiger partial charge is 0.393 e. The number of hydrogen-bond acceptors (Lipinski definition) is 3. The van der Waals surface area contributed by atoms with Crippen LogP contribution < -0.4 is 0 Å². The predicted octanol–water partition coefficient (Wildman–Crippen LogP) is 3.48. The minimum atomic E-state index is -0.386.